The lowest BCUT2D eigenvalue weighted by Crippen LogP contribution is -2.48. The Morgan fingerprint density at radius 1 is 1.19 bits per heavy atom. The van der Waals surface area contributed by atoms with Crippen LogP contribution in [0.1, 0.15) is 37.7 Å². The summed E-state index contributed by atoms with van der Waals surface area (Å²) in [6, 6.07) is 9.05. The Morgan fingerprint density at radius 2 is 1.85 bits per heavy atom. The Kier molecular flexibility index (Phi) is 5.34. The van der Waals surface area contributed by atoms with E-state index in [2.05, 4.69) is 0 Å². The van der Waals surface area contributed by atoms with Crippen LogP contribution >= 0.6 is 0 Å². The van der Waals surface area contributed by atoms with Crippen molar-refractivity contribution in [3.63, 3.8) is 0 Å². The lowest BCUT2D eigenvalue weighted by molar-refractivity contribution is -0.891. The number of hydrogen-bond donors (Lipinski definition) is 2. The lowest BCUT2D eigenvalue weighted by Gasteiger charge is -2.33. The van der Waals surface area contributed by atoms with E-state index in [4.69, 9.17) is 9.84 Å². The van der Waals surface area contributed by atoms with Crippen molar-refractivity contribution >= 4 is 11.9 Å². The van der Waals surface area contributed by atoms with Gasteiger partial charge in [0.25, 0.3) is 0 Å². The molecule has 1 aliphatic heterocycles. The first-order chi connectivity index (χ1) is 12.3. The number of rotatable bonds is 6. The van der Waals surface area contributed by atoms with E-state index in [-0.39, 0.29) is 18.6 Å². The van der Waals surface area contributed by atoms with E-state index in [1.54, 1.807) is 12.1 Å². The third-order valence-corrected chi connectivity index (χ3v) is 5.90. The molecule has 0 bridgehead atoms. The summed E-state index contributed by atoms with van der Waals surface area (Å²) in [4.78, 5) is 24.1. The minimum atomic E-state index is -1.63. The number of quaternary nitrogens is 1. The second kappa shape index (κ2) is 7.37. The summed E-state index contributed by atoms with van der Waals surface area (Å²) in [5, 5.41) is 20.5. The molecule has 6 heteroatoms. The molecule has 1 aromatic rings. The molecule has 0 aromatic heterocycles. The van der Waals surface area contributed by atoms with Crippen molar-refractivity contribution in [2.45, 2.75) is 43.8 Å². The molecule has 0 amide bonds. The minimum absolute atomic E-state index is 0.0135. The van der Waals surface area contributed by atoms with Crippen LogP contribution in [0.5, 0.6) is 0 Å². The number of benzene rings is 1. The maximum absolute atomic E-state index is 13.0. The molecule has 1 saturated heterocycles. The predicted octanol–water partition coefficient (Wildman–Crippen LogP) is 1.91. The quantitative estimate of drug-likeness (QED) is 0.597. The standard InChI is InChI=1S/C20H27NO5/c1-21(14-18(22)23)12-11-17(13-21)26-19(24)20(25,16-9-5-6-10-16)15-7-3-2-4-8-15/h2-4,7-8,16-17,25H,5-6,9-14H2,1H3/p+1/t17-,20-,21-/m0/s1. The molecule has 1 aromatic carbocycles. The Labute approximate surface area is 154 Å². The molecule has 0 radical (unpaired) electrons. The number of esters is 1. The van der Waals surface area contributed by atoms with Crippen LogP contribution in [0.4, 0.5) is 0 Å². The molecule has 142 valence electrons. The lowest BCUT2D eigenvalue weighted by atomic mass is 9.80. The van der Waals surface area contributed by atoms with Crippen LogP contribution in [-0.4, -0.2) is 59.4 Å². The first-order valence-corrected chi connectivity index (χ1v) is 9.38. The Balaban J connectivity index is 1.76. The molecule has 2 N–H and O–H groups in total. The monoisotopic (exact) mass is 362 g/mol. The van der Waals surface area contributed by atoms with Crippen molar-refractivity contribution < 1.29 is 29.0 Å². The molecular formula is C20H28NO5+. The third kappa shape index (κ3) is 3.76. The molecule has 1 saturated carbocycles. The fourth-order valence-electron chi connectivity index (χ4n) is 4.49. The van der Waals surface area contributed by atoms with Crippen LogP contribution in [0, 0.1) is 5.92 Å². The third-order valence-electron chi connectivity index (χ3n) is 5.90. The van der Waals surface area contributed by atoms with Gasteiger partial charge in [-0.05, 0) is 18.4 Å². The number of carbonyl (C=O) groups excluding carboxylic acids is 1. The molecule has 1 heterocycles. The highest BCUT2D eigenvalue weighted by atomic mass is 16.6. The average molecular weight is 362 g/mol. The second-order valence-electron chi connectivity index (χ2n) is 8.01. The first kappa shape index (κ1) is 18.9. The van der Waals surface area contributed by atoms with Crippen LogP contribution in [0.3, 0.4) is 0 Å². The summed E-state index contributed by atoms with van der Waals surface area (Å²) in [6.45, 7) is 1.13. The summed E-state index contributed by atoms with van der Waals surface area (Å²) in [5.41, 5.74) is -1.05. The van der Waals surface area contributed by atoms with Gasteiger partial charge in [-0.15, -0.1) is 0 Å². The SMILES string of the molecule is C[N@+]1(CC(=O)O)CC[C@H](OC(=O)[C@](O)(c2ccccc2)C2CCCC2)C1. The van der Waals surface area contributed by atoms with Crippen LogP contribution in [0.25, 0.3) is 0 Å². The second-order valence-corrected chi connectivity index (χ2v) is 8.01. The van der Waals surface area contributed by atoms with Crippen molar-refractivity contribution in [3.8, 4) is 0 Å². The van der Waals surface area contributed by atoms with Crippen molar-refractivity contribution in [1.82, 2.24) is 0 Å². The van der Waals surface area contributed by atoms with Crippen molar-refractivity contribution in [2.75, 3.05) is 26.7 Å². The smallest absolute Gasteiger partial charge is 0.359 e. The van der Waals surface area contributed by atoms with Crippen LogP contribution in [-0.2, 0) is 19.9 Å². The number of nitrogens with zero attached hydrogens (tertiary/aromatic N) is 1. The highest BCUT2D eigenvalue weighted by Gasteiger charge is 2.49. The molecule has 0 unspecified atom stereocenters. The molecule has 3 rings (SSSR count). The number of hydrogen-bond acceptors (Lipinski definition) is 4. The minimum Gasteiger partial charge on any atom is -0.477 e. The van der Waals surface area contributed by atoms with Gasteiger partial charge < -0.3 is 19.4 Å². The zero-order valence-corrected chi connectivity index (χ0v) is 15.3. The largest absolute Gasteiger partial charge is 0.477 e. The fraction of sp³-hybridized carbons (Fsp3) is 0.600. The zero-order valence-electron chi connectivity index (χ0n) is 15.3. The molecule has 2 fully saturated rings. The van der Waals surface area contributed by atoms with Gasteiger partial charge in [-0.1, -0.05) is 43.2 Å². The number of carbonyl (C=O) groups is 2. The zero-order chi connectivity index (χ0) is 18.8. The van der Waals surface area contributed by atoms with E-state index in [0.29, 0.717) is 29.6 Å². The summed E-state index contributed by atoms with van der Waals surface area (Å²) in [5.74, 6) is -1.59. The first-order valence-electron chi connectivity index (χ1n) is 9.38. The van der Waals surface area contributed by atoms with Crippen LogP contribution in [0.2, 0.25) is 0 Å². The van der Waals surface area contributed by atoms with Gasteiger partial charge in [-0.25, -0.2) is 9.59 Å². The van der Waals surface area contributed by atoms with Gasteiger partial charge in [-0.2, -0.15) is 0 Å². The summed E-state index contributed by atoms with van der Waals surface area (Å²) < 4.78 is 6.07. The van der Waals surface area contributed by atoms with Gasteiger partial charge in [0.05, 0.1) is 13.6 Å². The predicted molar refractivity (Wildman–Crippen MR) is 95.2 cm³/mol. The van der Waals surface area contributed by atoms with Crippen LogP contribution in [0.15, 0.2) is 30.3 Å². The van der Waals surface area contributed by atoms with Crippen molar-refractivity contribution in [1.29, 1.82) is 0 Å². The normalized spacial score (nSPS) is 28.6. The van der Waals surface area contributed by atoms with Gasteiger partial charge >= 0.3 is 11.9 Å². The van der Waals surface area contributed by atoms with Gasteiger partial charge in [-0.3, -0.25) is 0 Å². The van der Waals surface area contributed by atoms with E-state index in [9.17, 15) is 14.7 Å². The summed E-state index contributed by atoms with van der Waals surface area (Å²) >= 11 is 0. The van der Waals surface area contributed by atoms with E-state index in [0.717, 1.165) is 25.7 Å². The maximum Gasteiger partial charge on any atom is 0.359 e. The maximum atomic E-state index is 13.0. The molecule has 2 aliphatic rings. The number of carboxylic acids is 1. The van der Waals surface area contributed by atoms with Gasteiger partial charge in [0.2, 0.25) is 0 Å². The number of ether oxygens (including phenoxy) is 1. The number of likely N-dealkylation sites (tertiary alicyclic amines) is 1. The van der Waals surface area contributed by atoms with Gasteiger partial charge in [0, 0.05) is 12.3 Å². The number of aliphatic hydroxyl groups is 1. The Morgan fingerprint density at radius 3 is 2.46 bits per heavy atom. The number of likely N-dealkylation sites (N-methyl/N-ethyl adjacent to an activating group) is 1. The topological polar surface area (TPSA) is 83.8 Å². The molecule has 0 spiro atoms. The van der Waals surface area contributed by atoms with E-state index >= 15 is 0 Å². The molecule has 1 aliphatic carbocycles. The average Bonchev–Trinajstić information content (AvgIpc) is 3.25. The van der Waals surface area contributed by atoms with E-state index < -0.39 is 17.5 Å². The van der Waals surface area contributed by atoms with Crippen molar-refractivity contribution in [2.24, 2.45) is 5.92 Å². The van der Waals surface area contributed by atoms with E-state index in [1.165, 1.54) is 0 Å². The highest BCUT2D eigenvalue weighted by Crippen LogP contribution is 2.42. The number of aliphatic carboxylic acids is 1. The van der Waals surface area contributed by atoms with Gasteiger partial charge in [0.1, 0.15) is 6.54 Å². The Bertz CT molecular complexity index is 657. The molecule has 6 nitrogen and oxygen atoms in total. The van der Waals surface area contributed by atoms with Gasteiger partial charge in [0.15, 0.2) is 18.2 Å². The molecular weight excluding hydrogens is 334 g/mol. The number of carboxylic acid groups (broad SMARTS) is 1. The summed E-state index contributed by atoms with van der Waals surface area (Å²) in [6.07, 6.45) is 3.87. The molecule has 3 atom stereocenters. The summed E-state index contributed by atoms with van der Waals surface area (Å²) in [7, 11) is 1.86. The Hall–Kier alpha value is -1.92. The highest BCUT2D eigenvalue weighted by molar-refractivity contribution is 5.81. The molecule has 26 heavy (non-hydrogen) atoms. The van der Waals surface area contributed by atoms with Crippen molar-refractivity contribution in [3.05, 3.63) is 35.9 Å². The van der Waals surface area contributed by atoms with E-state index in [1.807, 2.05) is 25.2 Å². The fourth-order valence-corrected chi connectivity index (χ4v) is 4.49. The van der Waals surface area contributed by atoms with Crippen LogP contribution < -0.4 is 0 Å².